The number of hydrogen-bond donors (Lipinski definition) is 0. The molecule has 4 rings (SSSR count). The summed E-state index contributed by atoms with van der Waals surface area (Å²) < 4.78 is 5.28. The van der Waals surface area contributed by atoms with Gasteiger partial charge >= 0.3 is 0 Å². The maximum Gasteiger partial charge on any atom is 0.289 e. The van der Waals surface area contributed by atoms with E-state index in [2.05, 4.69) is 22.0 Å². The molecule has 0 bridgehead atoms. The number of hydrogen-bond acceptors (Lipinski definition) is 4. The number of furan rings is 1. The van der Waals surface area contributed by atoms with Gasteiger partial charge in [-0.2, -0.15) is 0 Å². The van der Waals surface area contributed by atoms with Gasteiger partial charge in [-0.25, -0.2) is 0 Å². The highest BCUT2D eigenvalue weighted by atomic mass is 16.3. The van der Waals surface area contributed by atoms with Crippen LogP contribution in [0, 0.1) is 12.8 Å². The van der Waals surface area contributed by atoms with Gasteiger partial charge in [0.15, 0.2) is 5.76 Å². The minimum Gasteiger partial charge on any atom is -0.459 e. The number of carbonyl (C=O) groups is 1. The Hall–Kier alpha value is -2.14. The largest absolute Gasteiger partial charge is 0.459 e. The molecule has 2 atom stereocenters. The third-order valence-corrected chi connectivity index (χ3v) is 5.23. The van der Waals surface area contributed by atoms with Gasteiger partial charge in [-0.15, -0.1) is 0 Å². The lowest BCUT2D eigenvalue weighted by Gasteiger charge is -2.36. The van der Waals surface area contributed by atoms with Crippen LogP contribution in [0.2, 0.25) is 0 Å². The van der Waals surface area contributed by atoms with Crippen LogP contribution in [0.15, 0.2) is 41.0 Å². The number of pyridine rings is 1. The number of piperidine rings is 1. The number of nitrogens with zero attached hydrogens (tertiary/aromatic N) is 3. The fourth-order valence-electron chi connectivity index (χ4n) is 4.09. The van der Waals surface area contributed by atoms with Gasteiger partial charge in [0.1, 0.15) is 0 Å². The summed E-state index contributed by atoms with van der Waals surface area (Å²) in [6.07, 6.45) is 3.95. The second-order valence-electron chi connectivity index (χ2n) is 6.90. The van der Waals surface area contributed by atoms with Crippen molar-refractivity contribution in [2.24, 2.45) is 5.92 Å². The van der Waals surface area contributed by atoms with E-state index in [0.717, 1.165) is 37.6 Å². The van der Waals surface area contributed by atoms with E-state index in [0.29, 0.717) is 17.7 Å². The third kappa shape index (κ3) is 2.96. The summed E-state index contributed by atoms with van der Waals surface area (Å²) in [4.78, 5) is 21.7. The van der Waals surface area contributed by atoms with E-state index in [4.69, 9.17) is 4.42 Å². The van der Waals surface area contributed by atoms with E-state index in [-0.39, 0.29) is 5.91 Å². The molecule has 5 heteroatoms. The Bertz CT molecular complexity index is 713. The Labute approximate surface area is 142 Å². The first-order valence-electron chi connectivity index (χ1n) is 8.70. The monoisotopic (exact) mass is 325 g/mol. The van der Waals surface area contributed by atoms with Crippen molar-refractivity contribution in [3.8, 4) is 0 Å². The van der Waals surface area contributed by atoms with Gasteiger partial charge in [-0.05, 0) is 56.5 Å². The molecule has 0 spiro atoms. The van der Waals surface area contributed by atoms with Crippen LogP contribution in [0.3, 0.4) is 0 Å². The van der Waals surface area contributed by atoms with E-state index < -0.39 is 0 Å². The van der Waals surface area contributed by atoms with Crippen LogP contribution in [0.1, 0.15) is 34.8 Å². The minimum absolute atomic E-state index is 0.0167. The molecule has 0 radical (unpaired) electrons. The molecule has 2 aromatic rings. The maximum atomic E-state index is 12.6. The van der Waals surface area contributed by atoms with E-state index >= 15 is 0 Å². The summed E-state index contributed by atoms with van der Waals surface area (Å²) in [6, 6.07) is 10.1. The fraction of sp³-hybridized carbons (Fsp3) is 0.474. The van der Waals surface area contributed by atoms with Crippen molar-refractivity contribution < 1.29 is 9.21 Å². The fourth-order valence-corrected chi connectivity index (χ4v) is 4.09. The summed E-state index contributed by atoms with van der Waals surface area (Å²) >= 11 is 0. The van der Waals surface area contributed by atoms with E-state index in [1.807, 2.05) is 17.9 Å². The van der Waals surface area contributed by atoms with E-state index in [1.54, 1.807) is 18.4 Å². The van der Waals surface area contributed by atoms with E-state index in [9.17, 15) is 4.79 Å². The van der Waals surface area contributed by atoms with Gasteiger partial charge in [0.2, 0.25) is 0 Å². The number of likely N-dealkylation sites (tertiary alicyclic amines) is 2. The molecule has 0 aliphatic carbocycles. The topological polar surface area (TPSA) is 49.6 Å². The Morgan fingerprint density at radius 1 is 1.29 bits per heavy atom. The smallest absolute Gasteiger partial charge is 0.289 e. The van der Waals surface area contributed by atoms with Crippen LogP contribution in [0.25, 0.3) is 0 Å². The Morgan fingerprint density at radius 2 is 2.21 bits per heavy atom. The predicted molar refractivity (Wildman–Crippen MR) is 90.5 cm³/mol. The number of fused-ring (bicyclic) bond motifs is 1. The number of carbonyl (C=O) groups excluding carboxylic acids is 1. The summed E-state index contributed by atoms with van der Waals surface area (Å²) in [7, 11) is 0. The van der Waals surface area contributed by atoms with Crippen molar-refractivity contribution in [1.82, 2.24) is 14.8 Å². The highest BCUT2D eigenvalue weighted by molar-refractivity contribution is 5.91. The van der Waals surface area contributed by atoms with Crippen molar-refractivity contribution in [1.29, 1.82) is 0 Å². The van der Waals surface area contributed by atoms with Gasteiger partial charge in [0.05, 0.1) is 12.0 Å². The van der Waals surface area contributed by atoms with E-state index in [1.165, 1.54) is 12.8 Å². The number of rotatable bonds is 3. The molecule has 0 N–H and O–H groups in total. The molecule has 2 aromatic heterocycles. The molecule has 0 aromatic carbocycles. The standard InChI is InChI=1S/C19H23N3O2/c1-14-5-2-7-16(20-14)12-21-9-3-6-15-11-22(13-17(15)21)19(23)18-8-4-10-24-18/h2,4-5,7-8,10,15,17H,3,6,9,11-13H2,1H3/t15-,17+/m1/s1. The summed E-state index contributed by atoms with van der Waals surface area (Å²) in [6.45, 7) is 5.60. The van der Waals surface area contributed by atoms with Crippen LogP contribution in [0.5, 0.6) is 0 Å². The number of aryl methyl sites for hydroxylation is 1. The Balaban J connectivity index is 1.47. The van der Waals surface area contributed by atoms with Crippen molar-refractivity contribution in [2.45, 2.75) is 32.4 Å². The molecule has 0 unspecified atom stereocenters. The lowest BCUT2D eigenvalue weighted by Crippen LogP contribution is -2.44. The molecule has 2 fully saturated rings. The second kappa shape index (κ2) is 6.40. The third-order valence-electron chi connectivity index (χ3n) is 5.23. The Kier molecular flexibility index (Phi) is 4.10. The van der Waals surface area contributed by atoms with Crippen LogP contribution in [0.4, 0.5) is 0 Å². The lowest BCUT2D eigenvalue weighted by atomic mass is 9.92. The molecule has 5 nitrogen and oxygen atoms in total. The Morgan fingerprint density at radius 3 is 3.00 bits per heavy atom. The highest BCUT2D eigenvalue weighted by Gasteiger charge is 2.41. The first-order valence-corrected chi connectivity index (χ1v) is 8.70. The highest BCUT2D eigenvalue weighted by Crippen LogP contribution is 2.32. The average molecular weight is 325 g/mol. The van der Waals surface area contributed by atoms with Gasteiger partial charge in [0.25, 0.3) is 5.91 Å². The van der Waals surface area contributed by atoms with Crippen molar-refractivity contribution in [2.75, 3.05) is 19.6 Å². The SMILES string of the molecule is Cc1cccc(CN2CCC[C@@H]3CN(C(=O)c4ccco4)C[C@@H]32)n1. The molecule has 1 amide bonds. The maximum absolute atomic E-state index is 12.6. The predicted octanol–water partition coefficient (Wildman–Crippen LogP) is 2.72. The quantitative estimate of drug-likeness (QED) is 0.871. The van der Waals surface area contributed by atoms with Crippen molar-refractivity contribution >= 4 is 5.91 Å². The van der Waals surface area contributed by atoms with Gasteiger partial charge < -0.3 is 9.32 Å². The van der Waals surface area contributed by atoms with Gasteiger partial charge in [-0.1, -0.05) is 6.07 Å². The van der Waals surface area contributed by atoms with Gasteiger partial charge in [0, 0.05) is 31.4 Å². The zero-order valence-corrected chi connectivity index (χ0v) is 14.0. The molecule has 24 heavy (non-hydrogen) atoms. The molecular formula is C19H23N3O2. The second-order valence-corrected chi connectivity index (χ2v) is 6.90. The van der Waals surface area contributed by atoms with Crippen LogP contribution >= 0.6 is 0 Å². The zero-order chi connectivity index (χ0) is 16.5. The van der Waals surface area contributed by atoms with Crippen LogP contribution < -0.4 is 0 Å². The molecule has 126 valence electrons. The molecule has 2 saturated heterocycles. The molecule has 4 heterocycles. The minimum atomic E-state index is 0.0167. The summed E-state index contributed by atoms with van der Waals surface area (Å²) in [5.74, 6) is 1.02. The average Bonchev–Trinajstić information content (AvgIpc) is 3.24. The molecular weight excluding hydrogens is 302 g/mol. The number of amides is 1. The molecule has 2 aliphatic rings. The lowest BCUT2D eigenvalue weighted by molar-refractivity contribution is 0.0743. The van der Waals surface area contributed by atoms with Crippen LogP contribution in [-0.2, 0) is 6.54 Å². The first kappa shape index (κ1) is 15.4. The van der Waals surface area contributed by atoms with Crippen molar-refractivity contribution in [3.05, 3.63) is 53.7 Å². The summed E-state index contributed by atoms with van der Waals surface area (Å²) in [5.41, 5.74) is 2.17. The van der Waals surface area contributed by atoms with Crippen LogP contribution in [-0.4, -0.2) is 46.4 Å². The van der Waals surface area contributed by atoms with Gasteiger partial charge in [-0.3, -0.25) is 14.7 Å². The zero-order valence-electron chi connectivity index (χ0n) is 14.0. The molecule has 2 aliphatic heterocycles. The number of aromatic nitrogens is 1. The normalized spacial score (nSPS) is 24.1. The summed E-state index contributed by atoms with van der Waals surface area (Å²) in [5, 5.41) is 0. The van der Waals surface area contributed by atoms with Crippen molar-refractivity contribution in [3.63, 3.8) is 0 Å². The molecule has 0 saturated carbocycles. The first-order chi connectivity index (χ1) is 11.7.